The van der Waals surface area contributed by atoms with Crippen LogP contribution in [0, 0.1) is 6.92 Å². The molecule has 126 valence electrons. The summed E-state index contributed by atoms with van der Waals surface area (Å²) in [6.45, 7) is 3.15. The number of likely N-dealkylation sites (tertiary alicyclic amines) is 1. The number of anilines is 1. The molecule has 6 heteroatoms. The molecule has 1 unspecified atom stereocenters. The van der Waals surface area contributed by atoms with Gasteiger partial charge >= 0.3 is 0 Å². The van der Waals surface area contributed by atoms with Crippen molar-refractivity contribution in [3.63, 3.8) is 0 Å². The number of carbonyl (C=O) groups excluding carboxylic acids is 1. The molecule has 1 aliphatic rings. The van der Waals surface area contributed by atoms with Crippen molar-refractivity contribution in [1.29, 1.82) is 0 Å². The van der Waals surface area contributed by atoms with Gasteiger partial charge in [0, 0.05) is 44.4 Å². The monoisotopic (exact) mass is 326 g/mol. The lowest BCUT2D eigenvalue weighted by Gasteiger charge is -2.18. The van der Waals surface area contributed by atoms with Gasteiger partial charge in [-0.2, -0.15) is 5.10 Å². The Bertz CT molecular complexity index is 698. The van der Waals surface area contributed by atoms with Gasteiger partial charge in [-0.05, 0) is 37.3 Å². The van der Waals surface area contributed by atoms with Crippen LogP contribution in [0.3, 0.4) is 0 Å². The maximum atomic E-state index is 12.6. The first-order valence-corrected chi connectivity index (χ1v) is 8.06. The van der Waals surface area contributed by atoms with Gasteiger partial charge in [-0.25, -0.2) is 0 Å². The van der Waals surface area contributed by atoms with Crippen LogP contribution in [0.1, 0.15) is 22.5 Å². The Hall–Kier alpha value is -2.63. The number of aromatic nitrogens is 2. The largest absolute Gasteiger partial charge is 0.471 e. The Labute approximate surface area is 142 Å². The fourth-order valence-electron chi connectivity index (χ4n) is 2.71. The van der Waals surface area contributed by atoms with Crippen LogP contribution in [0.15, 0.2) is 36.4 Å². The number of rotatable bonds is 4. The molecule has 6 nitrogen and oxygen atoms in total. The third-order valence-electron chi connectivity index (χ3n) is 4.12. The smallest absolute Gasteiger partial charge is 0.253 e. The summed E-state index contributed by atoms with van der Waals surface area (Å²) >= 11 is 0. The second-order valence-corrected chi connectivity index (χ2v) is 6.23. The molecule has 0 aliphatic carbocycles. The minimum absolute atomic E-state index is 0.0352. The Balaban J connectivity index is 1.60. The van der Waals surface area contributed by atoms with Crippen molar-refractivity contribution in [2.24, 2.45) is 0 Å². The van der Waals surface area contributed by atoms with Crippen LogP contribution in [-0.2, 0) is 0 Å². The first-order valence-electron chi connectivity index (χ1n) is 8.06. The molecule has 1 atom stereocenters. The summed E-state index contributed by atoms with van der Waals surface area (Å²) in [6, 6.07) is 11.3. The second-order valence-electron chi connectivity index (χ2n) is 6.23. The molecule has 2 heterocycles. The Kier molecular flexibility index (Phi) is 4.64. The molecule has 0 spiro atoms. The van der Waals surface area contributed by atoms with Crippen LogP contribution in [0.2, 0.25) is 0 Å². The van der Waals surface area contributed by atoms with E-state index in [-0.39, 0.29) is 12.0 Å². The molecule has 24 heavy (non-hydrogen) atoms. The molecule has 0 saturated carbocycles. The zero-order chi connectivity index (χ0) is 17.1. The highest BCUT2D eigenvalue weighted by atomic mass is 16.5. The first-order chi connectivity index (χ1) is 11.5. The van der Waals surface area contributed by atoms with E-state index in [4.69, 9.17) is 4.74 Å². The minimum Gasteiger partial charge on any atom is -0.471 e. The highest BCUT2D eigenvalue weighted by Crippen LogP contribution is 2.19. The van der Waals surface area contributed by atoms with Crippen LogP contribution in [0.25, 0.3) is 0 Å². The number of amides is 1. The molecule has 1 aromatic heterocycles. The normalized spacial score (nSPS) is 17.0. The highest BCUT2D eigenvalue weighted by Gasteiger charge is 2.28. The summed E-state index contributed by atoms with van der Waals surface area (Å²) in [7, 11) is 3.96. The van der Waals surface area contributed by atoms with Crippen molar-refractivity contribution >= 4 is 11.6 Å². The summed E-state index contributed by atoms with van der Waals surface area (Å²) in [4.78, 5) is 16.4. The topological polar surface area (TPSA) is 58.6 Å². The SMILES string of the molecule is Cc1ccc(OC2CCN(C(=O)c3ccc(N(C)C)cc3)C2)nn1. The summed E-state index contributed by atoms with van der Waals surface area (Å²) in [5.74, 6) is 0.552. The zero-order valence-electron chi connectivity index (χ0n) is 14.3. The summed E-state index contributed by atoms with van der Waals surface area (Å²) in [5.41, 5.74) is 2.63. The van der Waals surface area contributed by atoms with Crippen LogP contribution < -0.4 is 9.64 Å². The number of nitrogens with zero attached hydrogens (tertiary/aromatic N) is 4. The third-order valence-corrected chi connectivity index (χ3v) is 4.12. The lowest BCUT2D eigenvalue weighted by molar-refractivity contribution is 0.0771. The molecule has 2 aromatic rings. The fourth-order valence-corrected chi connectivity index (χ4v) is 2.71. The van der Waals surface area contributed by atoms with Crippen molar-refractivity contribution in [3.05, 3.63) is 47.7 Å². The van der Waals surface area contributed by atoms with Crippen LogP contribution in [0.5, 0.6) is 5.88 Å². The number of carbonyl (C=O) groups is 1. The van der Waals surface area contributed by atoms with E-state index in [1.54, 1.807) is 0 Å². The van der Waals surface area contributed by atoms with Gasteiger partial charge in [-0.1, -0.05) is 0 Å². The summed E-state index contributed by atoms with van der Waals surface area (Å²) in [6.07, 6.45) is 0.767. The second kappa shape index (κ2) is 6.86. The van der Waals surface area contributed by atoms with E-state index in [2.05, 4.69) is 10.2 Å². The van der Waals surface area contributed by atoms with E-state index in [0.29, 0.717) is 24.5 Å². The lowest BCUT2D eigenvalue weighted by Crippen LogP contribution is -2.31. The maximum Gasteiger partial charge on any atom is 0.253 e. The van der Waals surface area contributed by atoms with Gasteiger partial charge in [-0.3, -0.25) is 4.79 Å². The molecule has 0 N–H and O–H groups in total. The molecule has 1 amide bonds. The van der Waals surface area contributed by atoms with Crippen LogP contribution >= 0.6 is 0 Å². The quantitative estimate of drug-likeness (QED) is 0.861. The van der Waals surface area contributed by atoms with E-state index in [0.717, 1.165) is 17.8 Å². The van der Waals surface area contributed by atoms with E-state index >= 15 is 0 Å². The van der Waals surface area contributed by atoms with Crippen LogP contribution in [-0.4, -0.2) is 54.3 Å². The third kappa shape index (κ3) is 3.64. The first kappa shape index (κ1) is 16.2. The van der Waals surface area contributed by atoms with E-state index in [1.807, 2.05) is 67.2 Å². The number of ether oxygens (including phenoxy) is 1. The van der Waals surface area contributed by atoms with E-state index in [9.17, 15) is 4.79 Å². The Morgan fingerprint density at radius 2 is 1.92 bits per heavy atom. The zero-order valence-corrected chi connectivity index (χ0v) is 14.3. The van der Waals surface area contributed by atoms with Crippen LogP contribution in [0.4, 0.5) is 5.69 Å². The summed E-state index contributed by atoms with van der Waals surface area (Å²) in [5, 5.41) is 8.00. The van der Waals surface area contributed by atoms with Crippen molar-refractivity contribution in [2.75, 3.05) is 32.1 Å². The number of aryl methyl sites for hydroxylation is 1. The van der Waals surface area contributed by atoms with Crippen molar-refractivity contribution in [3.8, 4) is 5.88 Å². The molecule has 1 fully saturated rings. The van der Waals surface area contributed by atoms with E-state index in [1.165, 1.54) is 0 Å². The van der Waals surface area contributed by atoms with Gasteiger partial charge in [0.2, 0.25) is 5.88 Å². The van der Waals surface area contributed by atoms with Crippen molar-refractivity contribution < 1.29 is 9.53 Å². The Morgan fingerprint density at radius 1 is 1.17 bits per heavy atom. The highest BCUT2D eigenvalue weighted by molar-refractivity contribution is 5.94. The van der Waals surface area contributed by atoms with Gasteiger partial charge in [-0.15, -0.1) is 5.10 Å². The Morgan fingerprint density at radius 3 is 2.54 bits per heavy atom. The molecule has 1 aliphatic heterocycles. The molecule has 0 radical (unpaired) electrons. The average Bonchev–Trinajstić information content (AvgIpc) is 3.05. The number of hydrogen-bond donors (Lipinski definition) is 0. The van der Waals surface area contributed by atoms with Gasteiger partial charge in [0.25, 0.3) is 5.91 Å². The van der Waals surface area contributed by atoms with Gasteiger partial charge in [0.05, 0.1) is 12.2 Å². The van der Waals surface area contributed by atoms with E-state index < -0.39 is 0 Å². The molecule has 1 aromatic carbocycles. The predicted molar refractivity (Wildman–Crippen MR) is 92.5 cm³/mol. The standard InChI is InChI=1S/C18H22N4O2/c1-13-4-9-17(20-19-13)24-16-10-11-22(12-16)18(23)14-5-7-15(8-6-14)21(2)3/h4-9,16H,10-12H2,1-3H3. The summed E-state index contributed by atoms with van der Waals surface area (Å²) < 4.78 is 5.82. The predicted octanol–water partition coefficient (Wildman–Crippen LogP) is 2.14. The number of hydrogen-bond acceptors (Lipinski definition) is 5. The van der Waals surface area contributed by atoms with Gasteiger partial charge < -0.3 is 14.5 Å². The van der Waals surface area contributed by atoms with Crippen molar-refractivity contribution in [2.45, 2.75) is 19.4 Å². The molecule has 1 saturated heterocycles. The van der Waals surface area contributed by atoms with Crippen molar-refractivity contribution in [1.82, 2.24) is 15.1 Å². The maximum absolute atomic E-state index is 12.6. The molecular formula is C18H22N4O2. The van der Waals surface area contributed by atoms with Gasteiger partial charge in [0.15, 0.2) is 0 Å². The fraction of sp³-hybridized carbons (Fsp3) is 0.389. The average molecular weight is 326 g/mol. The number of benzene rings is 1. The molecule has 3 rings (SSSR count). The lowest BCUT2D eigenvalue weighted by atomic mass is 10.2. The van der Waals surface area contributed by atoms with Gasteiger partial charge in [0.1, 0.15) is 6.10 Å². The molecule has 0 bridgehead atoms. The minimum atomic E-state index is -0.0352. The molecular weight excluding hydrogens is 304 g/mol.